The van der Waals surface area contributed by atoms with Crippen LogP contribution in [0, 0.1) is 25.2 Å². The average molecular weight is 411 g/mol. The molecule has 0 aliphatic heterocycles. The zero-order valence-electron chi connectivity index (χ0n) is 17.7. The molecule has 2 rings (SSSR count). The Hall–Kier alpha value is -2.91. The number of nitrogens with zero attached hydrogens (tertiary/aromatic N) is 1. The number of nitriles is 1. The molecular weight excluding hydrogens is 384 g/mol. The largest absolute Gasteiger partial charge is 0.462 e. The maximum atomic E-state index is 12.7. The fourth-order valence-electron chi connectivity index (χ4n) is 2.73. The number of nitrogens with one attached hydrogen (secondary N) is 1. The zero-order valence-corrected chi connectivity index (χ0v) is 18.5. The van der Waals surface area contributed by atoms with Crippen molar-refractivity contribution in [2.24, 2.45) is 0 Å². The van der Waals surface area contributed by atoms with E-state index >= 15 is 0 Å². The van der Waals surface area contributed by atoms with E-state index in [0.717, 1.165) is 16.0 Å². The number of hydrogen-bond acceptors (Lipinski definition) is 5. The second-order valence-corrected chi connectivity index (χ2v) is 8.93. The Kier molecular flexibility index (Phi) is 6.99. The molecule has 1 aromatic carbocycles. The van der Waals surface area contributed by atoms with Crippen LogP contribution in [0.25, 0.3) is 6.08 Å². The van der Waals surface area contributed by atoms with Crippen LogP contribution in [-0.4, -0.2) is 18.5 Å². The van der Waals surface area contributed by atoms with Crippen molar-refractivity contribution < 1.29 is 14.3 Å². The monoisotopic (exact) mass is 410 g/mol. The number of hydrogen-bond donors (Lipinski definition) is 1. The van der Waals surface area contributed by atoms with Crippen molar-refractivity contribution >= 4 is 34.3 Å². The van der Waals surface area contributed by atoms with Crippen molar-refractivity contribution in [1.29, 1.82) is 5.26 Å². The molecule has 0 aliphatic rings. The summed E-state index contributed by atoms with van der Waals surface area (Å²) in [5.74, 6) is -1.04. The summed E-state index contributed by atoms with van der Waals surface area (Å²) in [5.41, 5.74) is 3.02. The first kappa shape index (κ1) is 22.4. The van der Waals surface area contributed by atoms with Crippen molar-refractivity contribution in [3.63, 3.8) is 0 Å². The molecule has 1 amide bonds. The maximum absolute atomic E-state index is 12.7. The third-order valence-electron chi connectivity index (χ3n) is 4.54. The molecule has 0 radical (unpaired) electrons. The van der Waals surface area contributed by atoms with E-state index in [1.54, 1.807) is 13.0 Å². The SMILES string of the molecule is CCOC(=O)c1c(NC(=O)/C(C#N)=C/c2ccc(C(C)(C)C)cc2)sc(C)c1C. The number of ether oxygens (including phenoxy) is 1. The molecule has 1 aromatic heterocycles. The van der Waals surface area contributed by atoms with E-state index in [1.165, 1.54) is 16.9 Å². The van der Waals surface area contributed by atoms with Crippen LogP contribution < -0.4 is 5.32 Å². The smallest absolute Gasteiger partial charge is 0.341 e. The molecular formula is C23H26N2O3S. The number of carbonyl (C=O) groups is 2. The van der Waals surface area contributed by atoms with Gasteiger partial charge in [0.05, 0.1) is 12.2 Å². The molecule has 0 bridgehead atoms. The number of anilines is 1. The predicted molar refractivity (Wildman–Crippen MR) is 117 cm³/mol. The van der Waals surface area contributed by atoms with Crippen LogP contribution in [-0.2, 0) is 14.9 Å². The Morgan fingerprint density at radius 1 is 1.21 bits per heavy atom. The average Bonchev–Trinajstić information content (AvgIpc) is 2.93. The van der Waals surface area contributed by atoms with Crippen LogP contribution in [0.4, 0.5) is 5.00 Å². The molecule has 6 heteroatoms. The number of benzene rings is 1. The first-order valence-corrected chi connectivity index (χ1v) is 10.2. The second kappa shape index (κ2) is 9.06. The van der Waals surface area contributed by atoms with Crippen LogP contribution in [0.2, 0.25) is 0 Å². The molecule has 0 saturated heterocycles. The van der Waals surface area contributed by atoms with Gasteiger partial charge in [0.2, 0.25) is 0 Å². The van der Waals surface area contributed by atoms with E-state index in [9.17, 15) is 14.9 Å². The quantitative estimate of drug-likeness (QED) is 0.407. The lowest BCUT2D eigenvalue weighted by atomic mass is 9.86. The topological polar surface area (TPSA) is 79.2 Å². The van der Waals surface area contributed by atoms with Crippen LogP contribution in [0.15, 0.2) is 29.8 Å². The van der Waals surface area contributed by atoms with Gasteiger partial charge in [-0.05, 0) is 49.0 Å². The van der Waals surface area contributed by atoms with Gasteiger partial charge in [0, 0.05) is 4.88 Å². The van der Waals surface area contributed by atoms with E-state index in [-0.39, 0.29) is 17.6 Å². The van der Waals surface area contributed by atoms with E-state index < -0.39 is 11.9 Å². The molecule has 0 atom stereocenters. The van der Waals surface area contributed by atoms with Crippen molar-refractivity contribution in [1.82, 2.24) is 0 Å². The third kappa shape index (κ3) is 5.33. The summed E-state index contributed by atoms with van der Waals surface area (Å²) < 4.78 is 5.10. The van der Waals surface area contributed by atoms with Crippen molar-refractivity contribution in [3.8, 4) is 6.07 Å². The number of amides is 1. The number of aryl methyl sites for hydroxylation is 1. The van der Waals surface area contributed by atoms with E-state index in [4.69, 9.17) is 4.74 Å². The fraction of sp³-hybridized carbons (Fsp3) is 0.348. The summed E-state index contributed by atoms with van der Waals surface area (Å²) in [5, 5.41) is 12.6. The molecule has 0 spiro atoms. The zero-order chi connectivity index (χ0) is 21.8. The third-order valence-corrected chi connectivity index (χ3v) is 5.67. The highest BCUT2D eigenvalue weighted by atomic mass is 32.1. The number of carbonyl (C=O) groups excluding carboxylic acids is 2. The molecule has 2 aromatic rings. The van der Waals surface area contributed by atoms with Gasteiger partial charge in [-0.3, -0.25) is 4.79 Å². The summed E-state index contributed by atoms with van der Waals surface area (Å²) in [6.45, 7) is 12.0. The Morgan fingerprint density at radius 3 is 2.34 bits per heavy atom. The van der Waals surface area contributed by atoms with Gasteiger partial charge >= 0.3 is 5.97 Å². The Balaban J connectivity index is 2.30. The summed E-state index contributed by atoms with van der Waals surface area (Å²) in [6, 6.07) is 9.69. The molecule has 1 N–H and O–H groups in total. The lowest BCUT2D eigenvalue weighted by Crippen LogP contribution is -2.16. The van der Waals surface area contributed by atoms with E-state index in [2.05, 4.69) is 26.1 Å². The van der Waals surface area contributed by atoms with Gasteiger partial charge in [-0.25, -0.2) is 4.79 Å². The van der Waals surface area contributed by atoms with Crippen LogP contribution in [0.5, 0.6) is 0 Å². The van der Waals surface area contributed by atoms with Gasteiger partial charge in [0.1, 0.15) is 16.6 Å². The van der Waals surface area contributed by atoms with Gasteiger partial charge < -0.3 is 10.1 Å². The second-order valence-electron chi connectivity index (χ2n) is 7.70. The molecule has 0 saturated carbocycles. The minimum atomic E-state index is -0.556. The van der Waals surface area contributed by atoms with E-state index in [0.29, 0.717) is 10.6 Å². The van der Waals surface area contributed by atoms with Crippen LogP contribution in [0.1, 0.15) is 59.6 Å². The van der Waals surface area contributed by atoms with E-state index in [1.807, 2.05) is 44.2 Å². The highest BCUT2D eigenvalue weighted by molar-refractivity contribution is 7.16. The van der Waals surface area contributed by atoms with Crippen molar-refractivity contribution in [2.45, 2.75) is 47.0 Å². The first-order valence-electron chi connectivity index (χ1n) is 9.39. The summed E-state index contributed by atoms with van der Waals surface area (Å²) >= 11 is 1.29. The molecule has 29 heavy (non-hydrogen) atoms. The molecule has 5 nitrogen and oxygen atoms in total. The fourth-order valence-corrected chi connectivity index (χ4v) is 3.77. The lowest BCUT2D eigenvalue weighted by Gasteiger charge is -2.18. The molecule has 1 heterocycles. The molecule has 152 valence electrons. The van der Waals surface area contributed by atoms with Gasteiger partial charge in [0.25, 0.3) is 5.91 Å². The Labute approximate surface area is 176 Å². The van der Waals surface area contributed by atoms with Gasteiger partial charge in [-0.2, -0.15) is 5.26 Å². The Morgan fingerprint density at radius 2 is 1.83 bits per heavy atom. The standard InChI is InChI=1S/C23H26N2O3S/c1-7-28-22(27)19-14(2)15(3)29-21(19)25-20(26)17(13-24)12-16-8-10-18(11-9-16)23(4,5)6/h8-12H,7H2,1-6H3,(H,25,26)/b17-12+. The predicted octanol–water partition coefficient (Wildman–Crippen LogP) is 5.38. The van der Waals surface area contributed by atoms with Crippen LogP contribution >= 0.6 is 11.3 Å². The lowest BCUT2D eigenvalue weighted by molar-refractivity contribution is -0.112. The normalized spacial score (nSPS) is 11.7. The summed E-state index contributed by atoms with van der Waals surface area (Å²) in [4.78, 5) is 25.9. The van der Waals surface area contributed by atoms with Gasteiger partial charge in [-0.1, -0.05) is 45.0 Å². The van der Waals surface area contributed by atoms with Gasteiger partial charge in [0.15, 0.2) is 0 Å². The Bertz CT molecular complexity index is 987. The molecule has 0 aliphatic carbocycles. The number of esters is 1. The molecule has 0 unspecified atom stereocenters. The minimum absolute atomic E-state index is 0.0239. The highest BCUT2D eigenvalue weighted by Crippen LogP contribution is 2.33. The van der Waals surface area contributed by atoms with Crippen molar-refractivity contribution in [2.75, 3.05) is 11.9 Å². The van der Waals surface area contributed by atoms with Crippen molar-refractivity contribution in [3.05, 3.63) is 57.0 Å². The molecule has 0 fully saturated rings. The minimum Gasteiger partial charge on any atom is -0.462 e. The number of rotatable bonds is 5. The van der Waals surface area contributed by atoms with Gasteiger partial charge in [-0.15, -0.1) is 11.3 Å². The summed E-state index contributed by atoms with van der Waals surface area (Å²) in [7, 11) is 0. The maximum Gasteiger partial charge on any atom is 0.341 e. The highest BCUT2D eigenvalue weighted by Gasteiger charge is 2.23. The van der Waals surface area contributed by atoms with Crippen LogP contribution in [0.3, 0.4) is 0 Å². The number of thiophene rings is 1. The summed E-state index contributed by atoms with van der Waals surface area (Å²) in [6.07, 6.45) is 1.54. The first-order chi connectivity index (χ1) is 13.6.